The first-order valence-corrected chi connectivity index (χ1v) is 6.30. The van der Waals surface area contributed by atoms with Crippen molar-refractivity contribution >= 4 is 23.4 Å². The van der Waals surface area contributed by atoms with Crippen LogP contribution in [0.2, 0.25) is 0 Å². The van der Waals surface area contributed by atoms with Crippen LogP contribution in [0, 0.1) is 0 Å². The highest BCUT2D eigenvalue weighted by molar-refractivity contribution is 7.99. The van der Waals surface area contributed by atoms with E-state index >= 15 is 0 Å². The van der Waals surface area contributed by atoms with E-state index in [9.17, 15) is 4.79 Å². The number of amides is 1. The molecule has 0 atom stereocenters. The second-order valence-corrected chi connectivity index (χ2v) is 4.34. The van der Waals surface area contributed by atoms with E-state index in [0.717, 1.165) is 11.4 Å². The van der Waals surface area contributed by atoms with Gasteiger partial charge < -0.3 is 9.73 Å². The molecule has 0 spiro atoms. The molecule has 4 nitrogen and oxygen atoms in total. The lowest BCUT2D eigenvalue weighted by Gasteiger charge is -2.03. The van der Waals surface area contributed by atoms with Gasteiger partial charge in [-0.25, -0.2) is 0 Å². The molecule has 1 amide bonds. The number of carbonyl (C=O) groups is 1. The number of nitrogens with one attached hydrogen (secondary N) is 1. The molecule has 2 aromatic heterocycles. The second kappa shape index (κ2) is 6.10. The molecule has 0 saturated carbocycles. The molecule has 0 saturated heterocycles. The molecule has 0 unspecified atom stereocenters. The minimum Gasteiger partial charge on any atom is -0.468 e. The summed E-state index contributed by atoms with van der Waals surface area (Å²) in [5, 5.41) is 2.79. The minimum atomic E-state index is -0.0206. The highest BCUT2D eigenvalue weighted by Gasteiger charge is 2.03. The number of carbonyl (C=O) groups excluding carboxylic acids is 1. The zero-order valence-corrected chi connectivity index (χ0v) is 9.94. The van der Waals surface area contributed by atoms with Gasteiger partial charge in [-0.3, -0.25) is 9.78 Å². The quantitative estimate of drug-likeness (QED) is 0.883. The summed E-state index contributed by atoms with van der Waals surface area (Å²) in [6, 6.07) is 7.25. The Morgan fingerprint density at radius 3 is 2.88 bits per heavy atom. The predicted octanol–water partition coefficient (Wildman–Crippen LogP) is 2.55. The fraction of sp³-hybridized carbons (Fsp3) is 0.167. The Hall–Kier alpha value is -1.75. The van der Waals surface area contributed by atoms with Crippen LogP contribution in [0.5, 0.6) is 0 Å². The van der Waals surface area contributed by atoms with E-state index in [4.69, 9.17) is 4.42 Å². The summed E-state index contributed by atoms with van der Waals surface area (Å²) in [5.41, 5.74) is 0.767. The molecular weight excluding hydrogens is 236 g/mol. The van der Waals surface area contributed by atoms with Crippen molar-refractivity contribution in [2.45, 2.75) is 5.75 Å². The second-order valence-electron chi connectivity index (χ2n) is 3.36. The van der Waals surface area contributed by atoms with Crippen LogP contribution in [0.15, 0.2) is 47.3 Å². The third-order valence-corrected chi connectivity index (χ3v) is 2.98. The first kappa shape index (κ1) is 11.7. The summed E-state index contributed by atoms with van der Waals surface area (Å²) >= 11 is 1.52. The van der Waals surface area contributed by atoms with Gasteiger partial charge in [0.15, 0.2) is 0 Å². The summed E-state index contributed by atoms with van der Waals surface area (Å²) < 4.78 is 5.17. The molecule has 17 heavy (non-hydrogen) atoms. The largest absolute Gasteiger partial charge is 0.468 e. The van der Waals surface area contributed by atoms with Gasteiger partial charge in [-0.15, -0.1) is 11.8 Å². The van der Waals surface area contributed by atoms with Crippen LogP contribution in [0.1, 0.15) is 5.76 Å². The van der Waals surface area contributed by atoms with Crippen molar-refractivity contribution < 1.29 is 9.21 Å². The number of rotatable bonds is 5. The Kier molecular flexibility index (Phi) is 4.21. The topological polar surface area (TPSA) is 55.1 Å². The number of thioether (sulfide) groups is 1. The Morgan fingerprint density at radius 1 is 1.35 bits per heavy atom. The lowest BCUT2D eigenvalue weighted by atomic mass is 10.4. The highest BCUT2D eigenvalue weighted by atomic mass is 32.2. The van der Waals surface area contributed by atoms with E-state index in [1.807, 2.05) is 12.1 Å². The van der Waals surface area contributed by atoms with Crippen LogP contribution >= 0.6 is 11.8 Å². The van der Waals surface area contributed by atoms with E-state index in [1.165, 1.54) is 11.8 Å². The summed E-state index contributed by atoms with van der Waals surface area (Å²) in [7, 11) is 0. The van der Waals surface area contributed by atoms with Gasteiger partial charge >= 0.3 is 0 Å². The molecular formula is C12H12N2O2S. The van der Waals surface area contributed by atoms with Gasteiger partial charge in [-0.05, 0) is 24.3 Å². The first-order valence-electron chi connectivity index (χ1n) is 5.14. The van der Waals surface area contributed by atoms with Gasteiger partial charge in [-0.1, -0.05) is 0 Å². The Bertz CT molecular complexity index is 457. The Labute approximate surface area is 103 Å². The number of nitrogens with zero attached hydrogens (tertiary/aromatic N) is 1. The van der Waals surface area contributed by atoms with Gasteiger partial charge in [0.1, 0.15) is 5.76 Å². The smallest absolute Gasteiger partial charge is 0.234 e. The molecule has 0 aliphatic carbocycles. The average Bonchev–Trinajstić information content (AvgIpc) is 2.83. The van der Waals surface area contributed by atoms with Crippen molar-refractivity contribution in [3.63, 3.8) is 0 Å². The molecule has 1 N–H and O–H groups in total. The van der Waals surface area contributed by atoms with E-state index in [2.05, 4.69) is 10.3 Å². The molecule has 2 rings (SSSR count). The molecule has 0 aliphatic heterocycles. The maximum absolute atomic E-state index is 11.6. The molecule has 88 valence electrons. The molecule has 0 fully saturated rings. The van der Waals surface area contributed by atoms with Crippen LogP contribution in [-0.4, -0.2) is 16.6 Å². The average molecular weight is 248 g/mol. The highest BCUT2D eigenvalue weighted by Crippen LogP contribution is 2.13. The third kappa shape index (κ3) is 3.96. The molecule has 2 heterocycles. The van der Waals surface area contributed by atoms with Gasteiger partial charge in [0.05, 0.1) is 17.8 Å². The molecule has 0 radical (unpaired) electrons. The third-order valence-electron chi connectivity index (χ3n) is 2.02. The van der Waals surface area contributed by atoms with Crippen molar-refractivity contribution in [1.82, 2.24) is 4.98 Å². The zero-order valence-electron chi connectivity index (χ0n) is 9.13. The van der Waals surface area contributed by atoms with Crippen molar-refractivity contribution in [3.05, 3.63) is 48.7 Å². The fourth-order valence-electron chi connectivity index (χ4n) is 1.27. The number of furan rings is 1. The van der Waals surface area contributed by atoms with Gasteiger partial charge in [0.25, 0.3) is 0 Å². The number of pyridine rings is 1. The number of anilines is 1. The van der Waals surface area contributed by atoms with Gasteiger partial charge in [0, 0.05) is 18.1 Å². The molecule has 5 heteroatoms. The molecule has 2 aromatic rings. The monoisotopic (exact) mass is 248 g/mol. The summed E-state index contributed by atoms with van der Waals surface area (Å²) in [5.74, 6) is 1.97. The maximum Gasteiger partial charge on any atom is 0.234 e. The van der Waals surface area contributed by atoms with Crippen molar-refractivity contribution in [2.24, 2.45) is 0 Å². The van der Waals surface area contributed by atoms with E-state index in [1.54, 1.807) is 30.8 Å². The van der Waals surface area contributed by atoms with E-state index < -0.39 is 0 Å². The summed E-state index contributed by atoms with van der Waals surface area (Å²) in [6.07, 6.45) is 4.92. The van der Waals surface area contributed by atoms with E-state index in [-0.39, 0.29) is 5.91 Å². The van der Waals surface area contributed by atoms with Gasteiger partial charge in [0.2, 0.25) is 5.91 Å². The first-order chi connectivity index (χ1) is 8.34. The Morgan fingerprint density at radius 2 is 2.18 bits per heavy atom. The van der Waals surface area contributed by atoms with Crippen molar-refractivity contribution in [2.75, 3.05) is 11.1 Å². The maximum atomic E-state index is 11.6. The predicted molar refractivity (Wildman–Crippen MR) is 67.7 cm³/mol. The normalized spacial score (nSPS) is 10.1. The SMILES string of the molecule is O=C(CSCc1ccco1)Nc1ccncc1. The molecule has 0 aliphatic rings. The number of aromatic nitrogens is 1. The summed E-state index contributed by atoms with van der Waals surface area (Å²) in [4.78, 5) is 15.4. The summed E-state index contributed by atoms with van der Waals surface area (Å²) in [6.45, 7) is 0. The minimum absolute atomic E-state index is 0.0206. The number of hydrogen-bond donors (Lipinski definition) is 1. The number of hydrogen-bond acceptors (Lipinski definition) is 4. The Balaban J connectivity index is 1.71. The van der Waals surface area contributed by atoms with Crippen LogP contribution in [-0.2, 0) is 10.5 Å². The van der Waals surface area contributed by atoms with Crippen molar-refractivity contribution in [1.29, 1.82) is 0 Å². The van der Waals surface area contributed by atoms with Crippen LogP contribution in [0.3, 0.4) is 0 Å². The standard InChI is InChI=1S/C12H12N2O2S/c15-12(14-10-3-5-13-6-4-10)9-17-8-11-2-1-7-16-11/h1-7H,8-9H2,(H,13,14,15). The molecule has 0 aromatic carbocycles. The lowest BCUT2D eigenvalue weighted by molar-refractivity contribution is -0.113. The van der Waals surface area contributed by atoms with Gasteiger partial charge in [-0.2, -0.15) is 0 Å². The zero-order chi connectivity index (χ0) is 11.9. The van der Waals surface area contributed by atoms with Crippen LogP contribution in [0.4, 0.5) is 5.69 Å². The van der Waals surface area contributed by atoms with Crippen molar-refractivity contribution in [3.8, 4) is 0 Å². The molecule has 0 bridgehead atoms. The van der Waals surface area contributed by atoms with Crippen LogP contribution in [0.25, 0.3) is 0 Å². The lowest BCUT2D eigenvalue weighted by Crippen LogP contribution is -2.14. The van der Waals surface area contributed by atoms with Crippen LogP contribution < -0.4 is 5.32 Å². The van der Waals surface area contributed by atoms with E-state index in [0.29, 0.717) is 11.5 Å². The fourth-order valence-corrected chi connectivity index (χ4v) is 2.00.